The van der Waals surface area contributed by atoms with Gasteiger partial charge in [0.15, 0.2) is 5.78 Å². The van der Waals surface area contributed by atoms with Gasteiger partial charge in [0.05, 0.1) is 5.41 Å². The Morgan fingerprint density at radius 1 is 1.53 bits per heavy atom. The van der Waals surface area contributed by atoms with Gasteiger partial charge >= 0.3 is 0 Å². The predicted molar refractivity (Wildman–Crippen MR) is 56.1 cm³/mol. The van der Waals surface area contributed by atoms with E-state index in [4.69, 9.17) is 0 Å². The van der Waals surface area contributed by atoms with Crippen molar-refractivity contribution in [2.75, 3.05) is 0 Å². The fraction of sp³-hybridized carbons (Fsp3) is 0.538. The van der Waals surface area contributed by atoms with Gasteiger partial charge in [-0.1, -0.05) is 18.2 Å². The van der Waals surface area contributed by atoms with E-state index in [-0.39, 0.29) is 17.5 Å². The summed E-state index contributed by atoms with van der Waals surface area (Å²) in [4.78, 5) is 23.6. The molecule has 15 heavy (non-hydrogen) atoms. The van der Waals surface area contributed by atoms with E-state index in [9.17, 15) is 9.59 Å². The molecule has 0 aromatic heterocycles. The van der Waals surface area contributed by atoms with Crippen LogP contribution in [0.15, 0.2) is 24.3 Å². The standard InChI is InChI=1S/C13H14O2/c1-8(14)13-6-5-11(15)12(13)10-4-2-3-9(10)7-13/h2-3,5-6,9-10,12H,4,7H2,1H3/t9-,10-,12-,13-/m0/s1. The number of allylic oxidation sites excluding steroid dienone is 4. The van der Waals surface area contributed by atoms with Crippen LogP contribution >= 0.6 is 0 Å². The van der Waals surface area contributed by atoms with Crippen molar-refractivity contribution < 1.29 is 9.59 Å². The van der Waals surface area contributed by atoms with Crippen LogP contribution in [0.5, 0.6) is 0 Å². The summed E-state index contributed by atoms with van der Waals surface area (Å²) < 4.78 is 0. The number of fused-ring (bicyclic) bond motifs is 3. The maximum absolute atomic E-state index is 11.8. The first-order chi connectivity index (χ1) is 7.15. The zero-order valence-electron chi connectivity index (χ0n) is 8.77. The minimum atomic E-state index is -0.447. The van der Waals surface area contributed by atoms with Gasteiger partial charge < -0.3 is 0 Å². The third-order valence-electron chi connectivity index (χ3n) is 4.41. The third kappa shape index (κ3) is 0.947. The molecule has 0 aliphatic heterocycles. The highest BCUT2D eigenvalue weighted by Gasteiger charge is 2.59. The lowest BCUT2D eigenvalue weighted by Gasteiger charge is -2.25. The Balaban J connectivity index is 2.08. The number of ketones is 2. The molecule has 3 rings (SSSR count). The van der Waals surface area contributed by atoms with Gasteiger partial charge in [0, 0.05) is 5.92 Å². The summed E-state index contributed by atoms with van der Waals surface area (Å²) in [5.74, 6) is 1.11. The first kappa shape index (κ1) is 9.08. The molecule has 0 radical (unpaired) electrons. The molecule has 0 saturated heterocycles. The van der Waals surface area contributed by atoms with Crippen LogP contribution in [0.4, 0.5) is 0 Å². The molecule has 78 valence electrons. The molecule has 0 aromatic rings. The fourth-order valence-corrected chi connectivity index (χ4v) is 3.68. The molecule has 0 aromatic carbocycles. The number of carbonyl (C=O) groups excluding carboxylic acids is 2. The van der Waals surface area contributed by atoms with Crippen LogP contribution in [0.25, 0.3) is 0 Å². The van der Waals surface area contributed by atoms with Crippen molar-refractivity contribution in [1.82, 2.24) is 0 Å². The molecule has 1 fully saturated rings. The summed E-state index contributed by atoms with van der Waals surface area (Å²) in [5, 5.41) is 0. The van der Waals surface area contributed by atoms with Gasteiger partial charge in [-0.25, -0.2) is 0 Å². The SMILES string of the molecule is CC(=O)[C@@]12C=CC(=O)[C@@H]1[C@H]1CC=C[C@H]1C2. The molecule has 4 atom stereocenters. The van der Waals surface area contributed by atoms with Crippen LogP contribution in [0.1, 0.15) is 19.8 Å². The van der Waals surface area contributed by atoms with E-state index in [1.165, 1.54) is 0 Å². The van der Waals surface area contributed by atoms with Crippen LogP contribution in [-0.4, -0.2) is 11.6 Å². The zero-order chi connectivity index (χ0) is 10.6. The molecular formula is C13H14O2. The van der Waals surface area contributed by atoms with Crippen LogP contribution in [0.2, 0.25) is 0 Å². The molecule has 3 aliphatic rings. The van der Waals surface area contributed by atoms with Crippen molar-refractivity contribution >= 4 is 11.6 Å². The molecule has 1 saturated carbocycles. The lowest BCUT2D eigenvalue weighted by molar-refractivity contribution is -0.131. The van der Waals surface area contributed by atoms with Gasteiger partial charge in [-0.3, -0.25) is 9.59 Å². The van der Waals surface area contributed by atoms with Gasteiger partial charge in [-0.2, -0.15) is 0 Å². The Bertz CT molecular complexity index is 405. The lowest BCUT2D eigenvalue weighted by Crippen LogP contribution is -2.33. The molecule has 0 N–H and O–H groups in total. The number of carbonyl (C=O) groups is 2. The van der Waals surface area contributed by atoms with Crippen LogP contribution < -0.4 is 0 Å². The van der Waals surface area contributed by atoms with Gasteiger partial charge in [-0.15, -0.1) is 0 Å². The summed E-state index contributed by atoms with van der Waals surface area (Å²) in [6, 6.07) is 0. The maximum Gasteiger partial charge on any atom is 0.160 e. The Hall–Kier alpha value is -1.18. The molecule has 2 nitrogen and oxygen atoms in total. The quantitative estimate of drug-likeness (QED) is 0.609. The van der Waals surface area contributed by atoms with Crippen molar-refractivity contribution in [2.45, 2.75) is 19.8 Å². The second-order valence-electron chi connectivity index (χ2n) is 5.01. The van der Waals surface area contributed by atoms with Gasteiger partial charge in [0.25, 0.3) is 0 Å². The van der Waals surface area contributed by atoms with Crippen LogP contribution in [0, 0.1) is 23.2 Å². The summed E-state index contributed by atoms with van der Waals surface area (Å²) >= 11 is 0. The Labute approximate surface area is 89.0 Å². The normalized spacial score (nSPS) is 45.9. The number of hydrogen-bond acceptors (Lipinski definition) is 2. The molecule has 0 amide bonds. The summed E-state index contributed by atoms with van der Waals surface area (Å²) in [5.41, 5.74) is -0.447. The second-order valence-corrected chi connectivity index (χ2v) is 5.01. The van der Waals surface area contributed by atoms with E-state index in [2.05, 4.69) is 12.2 Å². The Morgan fingerprint density at radius 2 is 2.33 bits per heavy atom. The summed E-state index contributed by atoms with van der Waals surface area (Å²) in [7, 11) is 0. The minimum Gasteiger partial charge on any atom is -0.299 e. The highest BCUT2D eigenvalue weighted by atomic mass is 16.1. The second kappa shape index (κ2) is 2.69. The predicted octanol–water partition coefficient (Wildman–Crippen LogP) is 1.91. The Morgan fingerprint density at radius 3 is 3.07 bits per heavy atom. The molecule has 0 unspecified atom stereocenters. The average Bonchev–Trinajstić information content (AvgIpc) is 2.76. The van der Waals surface area contributed by atoms with Crippen molar-refractivity contribution in [1.29, 1.82) is 0 Å². The van der Waals surface area contributed by atoms with Crippen molar-refractivity contribution in [3.05, 3.63) is 24.3 Å². The largest absolute Gasteiger partial charge is 0.299 e. The number of hydrogen-bond donors (Lipinski definition) is 0. The van der Waals surface area contributed by atoms with E-state index in [0.717, 1.165) is 12.8 Å². The van der Waals surface area contributed by atoms with E-state index >= 15 is 0 Å². The fourth-order valence-electron chi connectivity index (χ4n) is 3.68. The third-order valence-corrected chi connectivity index (χ3v) is 4.41. The first-order valence-corrected chi connectivity index (χ1v) is 5.56. The van der Waals surface area contributed by atoms with Crippen molar-refractivity contribution in [2.24, 2.45) is 23.2 Å². The van der Waals surface area contributed by atoms with Gasteiger partial charge in [0.1, 0.15) is 5.78 Å². The van der Waals surface area contributed by atoms with E-state index in [1.54, 1.807) is 13.0 Å². The Kier molecular flexibility index (Phi) is 1.63. The van der Waals surface area contributed by atoms with Crippen LogP contribution in [-0.2, 0) is 9.59 Å². The summed E-state index contributed by atoms with van der Waals surface area (Å²) in [6.07, 6.45) is 9.66. The monoisotopic (exact) mass is 202 g/mol. The van der Waals surface area contributed by atoms with Crippen LogP contribution in [0.3, 0.4) is 0 Å². The highest BCUT2D eigenvalue weighted by Crippen LogP contribution is 2.58. The van der Waals surface area contributed by atoms with E-state index in [1.807, 2.05) is 6.08 Å². The topological polar surface area (TPSA) is 34.1 Å². The number of rotatable bonds is 1. The highest BCUT2D eigenvalue weighted by molar-refractivity contribution is 6.03. The average molecular weight is 202 g/mol. The van der Waals surface area contributed by atoms with Gasteiger partial charge in [0.2, 0.25) is 0 Å². The molecule has 0 bridgehead atoms. The first-order valence-electron chi connectivity index (χ1n) is 5.56. The van der Waals surface area contributed by atoms with Crippen molar-refractivity contribution in [3.8, 4) is 0 Å². The molecule has 0 heterocycles. The summed E-state index contributed by atoms with van der Waals surface area (Å²) in [6.45, 7) is 1.63. The minimum absolute atomic E-state index is 0.0602. The molecule has 2 heteroatoms. The van der Waals surface area contributed by atoms with Gasteiger partial charge in [-0.05, 0) is 37.7 Å². The van der Waals surface area contributed by atoms with E-state index in [0.29, 0.717) is 11.8 Å². The zero-order valence-corrected chi connectivity index (χ0v) is 8.77. The number of Topliss-reactive ketones (excluding diaryl/α,β-unsaturated/α-hetero) is 1. The smallest absolute Gasteiger partial charge is 0.160 e. The van der Waals surface area contributed by atoms with Crippen molar-refractivity contribution in [3.63, 3.8) is 0 Å². The maximum atomic E-state index is 11.8. The molecule has 0 spiro atoms. The lowest BCUT2D eigenvalue weighted by atomic mass is 9.74. The molecule has 3 aliphatic carbocycles. The van der Waals surface area contributed by atoms with E-state index < -0.39 is 5.41 Å². The molecular weight excluding hydrogens is 188 g/mol.